The van der Waals surface area contributed by atoms with E-state index in [2.05, 4.69) is 19.2 Å². The number of aliphatic hydroxyl groups excluding tert-OH is 1. The highest BCUT2D eigenvalue weighted by Crippen LogP contribution is 2.28. The van der Waals surface area contributed by atoms with Gasteiger partial charge >= 0.3 is 0 Å². The molecule has 2 N–H and O–H groups in total. The van der Waals surface area contributed by atoms with Crippen LogP contribution in [0.3, 0.4) is 0 Å². The monoisotopic (exact) mass is 199 g/mol. The summed E-state index contributed by atoms with van der Waals surface area (Å²) in [6.45, 7) is 5.59. The summed E-state index contributed by atoms with van der Waals surface area (Å²) in [7, 11) is 0. The maximum Gasteiger partial charge on any atom is 0.0468 e. The number of aliphatic hydroxyl groups is 1. The van der Waals surface area contributed by atoms with Crippen molar-refractivity contribution < 1.29 is 5.11 Å². The molecule has 0 aromatic heterocycles. The van der Waals surface area contributed by atoms with E-state index in [1.807, 2.05) is 0 Å². The maximum atomic E-state index is 8.89. The SMILES string of the molecule is CC(CO)CNC(C)CC1CCCC1. The summed E-state index contributed by atoms with van der Waals surface area (Å²) in [4.78, 5) is 0. The van der Waals surface area contributed by atoms with Gasteiger partial charge in [-0.25, -0.2) is 0 Å². The van der Waals surface area contributed by atoms with E-state index in [4.69, 9.17) is 5.11 Å². The molecule has 0 aromatic carbocycles. The Morgan fingerprint density at radius 1 is 1.29 bits per heavy atom. The quantitative estimate of drug-likeness (QED) is 0.687. The summed E-state index contributed by atoms with van der Waals surface area (Å²) >= 11 is 0. The van der Waals surface area contributed by atoms with Crippen LogP contribution in [0.1, 0.15) is 46.0 Å². The third kappa shape index (κ3) is 4.43. The summed E-state index contributed by atoms with van der Waals surface area (Å²) in [6.07, 6.45) is 7.05. The molecule has 1 aliphatic rings. The Kier molecular flexibility index (Phi) is 5.49. The Morgan fingerprint density at radius 3 is 2.50 bits per heavy atom. The molecule has 2 atom stereocenters. The first-order valence-electron chi connectivity index (χ1n) is 6.06. The van der Waals surface area contributed by atoms with E-state index in [-0.39, 0.29) is 0 Å². The van der Waals surface area contributed by atoms with Crippen LogP contribution < -0.4 is 5.32 Å². The first kappa shape index (κ1) is 12.0. The van der Waals surface area contributed by atoms with E-state index in [0.29, 0.717) is 18.6 Å². The molecule has 0 heterocycles. The molecule has 1 aliphatic carbocycles. The first-order valence-corrected chi connectivity index (χ1v) is 6.06. The average molecular weight is 199 g/mol. The van der Waals surface area contributed by atoms with Crippen LogP contribution in [0.15, 0.2) is 0 Å². The van der Waals surface area contributed by atoms with Gasteiger partial charge in [-0.15, -0.1) is 0 Å². The molecule has 2 heteroatoms. The molecular weight excluding hydrogens is 174 g/mol. The van der Waals surface area contributed by atoms with Crippen LogP contribution in [0, 0.1) is 11.8 Å². The summed E-state index contributed by atoms with van der Waals surface area (Å²) in [6, 6.07) is 0.618. The molecule has 0 amide bonds. The molecule has 0 bridgehead atoms. The van der Waals surface area contributed by atoms with E-state index in [9.17, 15) is 0 Å². The second-order valence-electron chi connectivity index (χ2n) is 4.98. The fraction of sp³-hybridized carbons (Fsp3) is 1.00. The van der Waals surface area contributed by atoms with Crippen LogP contribution in [0.5, 0.6) is 0 Å². The van der Waals surface area contributed by atoms with Crippen LogP contribution in [0.4, 0.5) is 0 Å². The van der Waals surface area contributed by atoms with Crippen molar-refractivity contribution >= 4 is 0 Å². The molecule has 0 radical (unpaired) electrons. The van der Waals surface area contributed by atoms with Crippen LogP contribution in [-0.4, -0.2) is 24.3 Å². The molecule has 2 unspecified atom stereocenters. The number of rotatable bonds is 6. The minimum atomic E-state index is 0.295. The van der Waals surface area contributed by atoms with Crippen LogP contribution >= 0.6 is 0 Å². The standard InChI is InChI=1S/C12H25NO/c1-10(9-14)8-13-11(2)7-12-5-3-4-6-12/h10-14H,3-9H2,1-2H3. The highest BCUT2D eigenvalue weighted by molar-refractivity contribution is 4.73. The molecule has 1 fully saturated rings. The molecule has 1 rings (SSSR count). The number of hydrogen-bond donors (Lipinski definition) is 2. The Hall–Kier alpha value is -0.0800. The molecule has 0 saturated heterocycles. The lowest BCUT2D eigenvalue weighted by atomic mass is 9.99. The molecule has 2 nitrogen and oxygen atoms in total. The van der Waals surface area contributed by atoms with Crippen molar-refractivity contribution in [2.75, 3.05) is 13.2 Å². The summed E-state index contributed by atoms with van der Waals surface area (Å²) in [5.74, 6) is 1.35. The number of nitrogens with one attached hydrogen (secondary N) is 1. The highest BCUT2D eigenvalue weighted by Gasteiger charge is 2.17. The second kappa shape index (κ2) is 6.41. The normalized spacial score (nSPS) is 22.5. The van der Waals surface area contributed by atoms with Crippen LogP contribution in [0.2, 0.25) is 0 Å². The summed E-state index contributed by atoms with van der Waals surface area (Å²) in [5, 5.41) is 12.4. The van der Waals surface area contributed by atoms with Crippen molar-refractivity contribution in [3.8, 4) is 0 Å². The highest BCUT2D eigenvalue weighted by atomic mass is 16.3. The third-order valence-electron chi connectivity index (χ3n) is 3.29. The molecule has 84 valence electrons. The van der Waals surface area contributed by atoms with Gasteiger partial charge in [0.05, 0.1) is 0 Å². The molecule has 1 saturated carbocycles. The zero-order valence-electron chi connectivity index (χ0n) is 9.63. The van der Waals surface area contributed by atoms with Gasteiger partial charge in [0.2, 0.25) is 0 Å². The van der Waals surface area contributed by atoms with Crippen molar-refractivity contribution in [3.05, 3.63) is 0 Å². The van der Waals surface area contributed by atoms with Crippen LogP contribution in [-0.2, 0) is 0 Å². The van der Waals surface area contributed by atoms with E-state index < -0.39 is 0 Å². The zero-order chi connectivity index (χ0) is 10.4. The molecule has 14 heavy (non-hydrogen) atoms. The Labute approximate surface area is 88.1 Å². The summed E-state index contributed by atoms with van der Waals surface area (Å²) in [5.41, 5.74) is 0. The predicted molar refractivity (Wildman–Crippen MR) is 60.3 cm³/mol. The minimum absolute atomic E-state index is 0.295. The van der Waals surface area contributed by atoms with Crippen molar-refractivity contribution in [3.63, 3.8) is 0 Å². The largest absolute Gasteiger partial charge is 0.396 e. The van der Waals surface area contributed by atoms with Gasteiger partial charge in [-0.05, 0) is 25.2 Å². The van der Waals surface area contributed by atoms with Crippen molar-refractivity contribution in [1.82, 2.24) is 5.32 Å². The van der Waals surface area contributed by atoms with Crippen molar-refractivity contribution in [2.24, 2.45) is 11.8 Å². The minimum Gasteiger partial charge on any atom is -0.396 e. The fourth-order valence-electron chi connectivity index (χ4n) is 2.30. The summed E-state index contributed by atoms with van der Waals surface area (Å²) < 4.78 is 0. The van der Waals surface area contributed by atoms with Gasteiger partial charge in [-0.3, -0.25) is 0 Å². The third-order valence-corrected chi connectivity index (χ3v) is 3.29. The Balaban J connectivity index is 2.05. The maximum absolute atomic E-state index is 8.89. The van der Waals surface area contributed by atoms with Gasteiger partial charge in [-0.2, -0.15) is 0 Å². The van der Waals surface area contributed by atoms with Gasteiger partial charge < -0.3 is 10.4 Å². The van der Waals surface area contributed by atoms with Crippen molar-refractivity contribution in [2.45, 2.75) is 52.0 Å². The van der Waals surface area contributed by atoms with E-state index in [1.54, 1.807) is 0 Å². The van der Waals surface area contributed by atoms with Crippen molar-refractivity contribution in [1.29, 1.82) is 0 Å². The number of hydrogen-bond acceptors (Lipinski definition) is 2. The van der Waals surface area contributed by atoms with Gasteiger partial charge in [-0.1, -0.05) is 32.6 Å². The fourth-order valence-corrected chi connectivity index (χ4v) is 2.30. The predicted octanol–water partition coefficient (Wildman–Crippen LogP) is 2.17. The average Bonchev–Trinajstić information content (AvgIpc) is 2.66. The van der Waals surface area contributed by atoms with Crippen LogP contribution in [0.25, 0.3) is 0 Å². The van der Waals surface area contributed by atoms with Gasteiger partial charge in [0.25, 0.3) is 0 Å². The Morgan fingerprint density at radius 2 is 1.93 bits per heavy atom. The lowest BCUT2D eigenvalue weighted by molar-refractivity contribution is 0.228. The molecule has 0 aromatic rings. The first-order chi connectivity index (χ1) is 6.72. The zero-order valence-corrected chi connectivity index (χ0v) is 9.63. The van der Waals surface area contributed by atoms with E-state index >= 15 is 0 Å². The molecular formula is C12H25NO. The van der Waals surface area contributed by atoms with Gasteiger partial charge in [0.15, 0.2) is 0 Å². The molecule has 0 aliphatic heterocycles. The van der Waals surface area contributed by atoms with E-state index in [0.717, 1.165) is 12.5 Å². The topological polar surface area (TPSA) is 32.3 Å². The molecule has 0 spiro atoms. The van der Waals surface area contributed by atoms with Gasteiger partial charge in [0, 0.05) is 19.2 Å². The lowest BCUT2D eigenvalue weighted by Crippen LogP contribution is -2.32. The smallest absolute Gasteiger partial charge is 0.0468 e. The lowest BCUT2D eigenvalue weighted by Gasteiger charge is -2.19. The van der Waals surface area contributed by atoms with Gasteiger partial charge in [0.1, 0.15) is 0 Å². The van der Waals surface area contributed by atoms with E-state index in [1.165, 1.54) is 32.1 Å². The Bertz CT molecular complexity index is 143. The second-order valence-corrected chi connectivity index (χ2v) is 4.98.